The second-order valence-corrected chi connectivity index (χ2v) is 4.23. The molecule has 6 heteroatoms. The SMILES string of the molecule is COc1ccc(C(C)NCc2noc(C)n2)cc1F. The van der Waals surface area contributed by atoms with Crippen LogP contribution in [0, 0.1) is 12.7 Å². The zero-order valence-electron chi connectivity index (χ0n) is 11.1. The molecule has 0 aliphatic rings. The molecule has 0 aliphatic carbocycles. The minimum Gasteiger partial charge on any atom is -0.494 e. The summed E-state index contributed by atoms with van der Waals surface area (Å²) in [5.41, 5.74) is 0.832. The molecule has 1 aromatic heterocycles. The van der Waals surface area contributed by atoms with Crippen LogP contribution in [0.25, 0.3) is 0 Å². The van der Waals surface area contributed by atoms with Crippen LogP contribution >= 0.6 is 0 Å². The Bertz CT molecular complexity index is 557. The molecule has 2 aromatic rings. The van der Waals surface area contributed by atoms with Gasteiger partial charge in [0.05, 0.1) is 13.7 Å². The van der Waals surface area contributed by atoms with Crippen LogP contribution in [0.15, 0.2) is 22.7 Å². The predicted octanol–water partition coefficient (Wildman–Crippen LogP) is 2.38. The fourth-order valence-corrected chi connectivity index (χ4v) is 1.73. The molecule has 0 saturated heterocycles. The van der Waals surface area contributed by atoms with Gasteiger partial charge in [-0.2, -0.15) is 4.98 Å². The van der Waals surface area contributed by atoms with E-state index < -0.39 is 0 Å². The highest BCUT2D eigenvalue weighted by Crippen LogP contribution is 2.21. The summed E-state index contributed by atoms with van der Waals surface area (Å²) < 4.78 is 23.3. The number of nitrogens with zero attached hydrogens (tertiary/aromatic N) is 2. The van der Waals surface area contributed by atoms with Gasteiger partial charge in [-0.05, 0) is 24.6 Å². The quantitative estimate of drug-likeness (QED) is 0.899. The third kappa shape index (κ3) is 3.29. The fourth-order valence-electron chi connectivity index (χ4n) is 1.73. The third-order valence-electron chi connectivity index (χ3n) is 2.81. The van der Waals surface area contributed by atoms with Gasteiger partial charge in [0.2, 0.25) is 5.89 Å². The molecule has 0 spiro atoms. The molecule has 0 fully saturated rings. The van der Waals surface area contributed by atoms with E-state index in [9.17, 15) is 4.39 Å². The molecule has 1 atom stereocenters. The number of halogens is 1. The molecular formula is C13H16FN3O2. The van der Waals surface area contributed by atoms with Crippen LogP contribution in [0.1, 0.15) is 30.2 Å². The molecule has 19 heavy (non-hydrogen) atoms. The van der Waals surface area contributed by atoms with Crippen LogP contribution in [0.3, 0.4) is 0 Å². The van der Waals surface area contributed by atoms with E-state index in [0.29, 0.717) is 18.3 Å². The van der Waals surface area contributed by atoms with E-state index in [1.54, 1.807) is 13.0 Å². The van der Waals surface area contributed by atoms with Crippen LogP contribution in [-0.4, -0.2) is 17.3 Å². The smallest absolute Gasteiger partial charge is 0.223 e. The zero-order valence-corrected chi connectivity index (χ0v) is 11.1. The van der Waals surface area contributed by atoms with Gasteiger partial charge in [-0.3, -0.25) is 0 Å². The molecule has 1 N–H and O–H groups in total. The van der Waals surface area contributed by atoms with E-state index in [1.165, 1.54) is 13.2 Å². The Morgan fingerprint density at radius 2 is 2.26 bits per heavy atom. The van der Waals surface area contributed by atoms with Crippen molar-refractivity contribution in [2.24, 2.45) is 0 Å². The van der Waals surface area contributed by atoms with Crippen LogP contribution in [0.4, 0.5) is 4.39 Å². The van der Waals surface area contributed by atoms with Crippen molar-refractivity contribution in [3.63, 3.8) is 0 Å². The Morgan fingerprint density at radius 3 is 2.84 bits per heavy atom. The van der Waals surface area contributed by atoms with Gasteiger partial charge in [0.15, 0.2) is 17.4 Å². The molecule has 0 amide bonds. The van der Waals surface area contributed by atoms with Crippen molar-refractivity contribution in [3.05, 3.63) is 41.3 Å². The van der Waals surface area contributed by atoms with Gasteiger partial charge >= 0.3 is 0 Å². The third-order valence-corrected chi connectivity index (χ3v) is 2.81. The van der Waals surface area contributed by atoms with Crippen molar-refractivity contribution < 1.29 is 13.7 Å². The van der Waals surface area contributed by atoms with Crippen LogP contribution in [0.5, 0.6) is 5.75 Å². The van der Waals surface area contributed by atoms with E-state index in [1.807, 2.05) is 13.0 Å². The molecule has 0 aliphatic heterocycles. The van der Waals surface area contributed by atoms with Crippen molar-refractivity contribution in [2.45, 2.75) is 26.4 Å². The minimum atomic E-state index is -0.371. The number of ether oxygens (including phenoxy) is 1. The van der Waals surface area contributed by atoms with Gasteiger partial charge in [0, 0.05) is 13.0 Å². The Kier molecular flexibility index (Phi) is 4.11. The number of benzene rings is 1. The van der Waals surface area contributed by atoms with Gasteiger partial charge < -0.3 is 14.6 Å². The predicted molar refractivity (Wildman–Crippen MR) is 67.2 cm³/mol. The second kappa shape index (κ2) is 5.79. The monoisotopic (exact) mass is 265 g/mol. The number of hydrogen-bond donors (Lipinski definition) is 1. The molecule has 2 rings (SSSR count). The first kappa shape index (κ1) is 13.5. The molecule has 0 radical (unpaired) electrons. The largest absolute Gasteiger partial charge is 0.494 e. The number of methoxy groups -OCH3 is 1. The van der Waals surface area contributed by atoms with Crippen molar-refractivity contribution in [3.8, 4) is 5.75 Å². The highest BCUT2D eigenvalue weighted by Gasteiger charge is 2.10. The maximum absolute atomic E-state index is 13.6. The van der Waals surface area contributed by atoms with Gasteiger partial charge in [-0.15, -0.1) is 0 Å². The molecule has 1 unspecified atom stereocenters. The van der Waals surface area contributed by atoms with E-state index in [-0.39, 0.29) is 17.6 Å². The zero-order chi connectivity index (χ0) is 13.8. The van der Waals surface area contributed by atoms with Gasteiger partial charge in [-0.25, -0.2) is 4.39 Å². The molecular weight excluding hydrogens is 249 g/mol. The van der Waals surface area contributed by atoms with E-state index >= 15 is 0 Å². The highest BCUT2D eigenvalue weighted by atomic mass is 19.1. The summed E-state index contributed by atoms with van der Waals surface area (Å²) in [4.78, 5) is 4.09. The lowest BCUT2D eigenvalue weighted by Gasteiger charge is -2.13. The lowest BCUT2D eigenvalue weighted by atomic mass is 10.1. The lowest BCUT2D eigenvalue weighted by molar-refractivity contribution is 0.382. The number of rotatable bonds is 5. The van der Waals surface area contributed by atoms with Gasteiger partial charge in [0.1, 0.15) is 0 Å². The average molecular weight is 265 g/mol. The lowest BCUT2D eigenvalue weighted by Crippen LogP contribution is -2.19. The van der Waals surface area contributed by atoms with Crippen molar-refractivity contribution in [1.82, 2.24) is 15.5 Å². The molecule has 5 nitrogen and oxygen atoms in total. The van der Waals surface area contributed by atoms with E-state index in [2.05, 4.69) is 15.5 Å². The molecule has 0 bridgehead atoms. The summed E-state index contributed by atoms with van der Waals surface area (Å²) in [5, 5.41) is 6.98. The van der Waals surface area contributed by atoms with Gasteiger partial charge in [0.25, 0.3) is 0 Å². The Hall–Kier alpha value is -1.95. The van der Waals surface area contributed by atoms with Crippen molar-refractivity contribution in [1.29, 1.82) is 0 Å². The number of aromatic nitrogens is 2. The maximum atomic E-state index is 13.6. The second-order valence-electron chi connectivity index (χ2n) is 4.23. The van der Waals surface area contributed by atoms with Crippen molar-refractivity contribution in [2.75, 3.05) is 7.11 Å². The van der Waals surface area contributed by atoms with E-state index in [0.717, 1.165) is 5.56 Å². The molecule has 102 valence electrons. The standard InChI is InChI=1S/C13H16FN3O2/c1-8(15-7-13-16-9(2)19-17-13)10-4-5-12(18-3)11(14)6-10/h4-6,8,15H,7H2,1-3H3. The van der Waals surface area contributed by atoms with Crippen LogP contribution in [0.2, 0.25) is 0 Å². The van der Waals surface area contributed by atoms with Crippen molar-refractivity contribution >= 4 is 0 Å². The first-order chi connectivity index (χ1) is 9.10. The maximum Gasteiger partial charge on any atom is 0.223 e. The Balaban J connectivity index is 1.99. The molecule has 1 heterocycles. The fraction of sp³-hybridized carbons (Fsp3) is 0.385. The number of hydrogen-bond acceptors (Lipinski definition) is 5. The van der Waals surface area contributed by atoms with Crippen LogP contribution < -0.4 is 10.1 Å². The normalized spacial score (nSPS) is 12.4. The number of aryl methyl sites for hydroxylation is 1. The minimum absolute atomic E-state index is 0.0285. The van der Waals surface area contributed by atoms with Crippen LogP contribution in [-0.2, 0) is 6.54 Å². The summed E-state index contributed by atoms with van der Waals surface area (Å²) in [6.07, 6.45) is 0. The van der Waals surface area contributed by atoms with E-state index in [4.69, 9.17) is 9.26 Å². The summed E-state index contributed by atoms with van der Waals surface area (Å²) in [7, 11) is 1.44. The summed E-state index contributed by atoms with van der Waals surface area (Å²) in [6, 6.07) is 4.86. The Morgan fingerprint density at radius 1 is 1.47 bits per heavy atom. The summed E-state index contributed by atoms with van der Waals surface area (Å²) >= 11 is 0. The first-order valence-corrected chi connectivity index (χ1v) is 5.96. The molecule has 1 aromatic carbocycles. The number of nitrogens with one attached hydrogen (secondary N) is 1. The van der Waals surface area contributed by atoms with Gasteiger partial charge in [-0.1, -0.05) is 11.2 Å². The summed E-state index contributed by atoms with van der Waals surface area (Å²) in [6.45, 7) is 4.14. The molecule has 0 saturated carbocycles. The summed E-state index contributed by atoms with van der Waals surface area (Å²) in [5.74, 6) is 0.979. The average Bonchev–Trinajstić information content (AvgIpc) is 2.81. The first-order valence-electron chi connectivity index (χ1n) is 5.96. The topological polar surface area (TPSA) is 60.2 Å². The Labute approximate surface area is 110 Å². The highest BCUT2D eigenvalue weighted by molar-refractivity contribution is 5.30.